The lowest BCUT2D eigenvalue weighted by Crippen LogP contribution is -2.42. The lowest BCUT2D eigenvalue weighted by Gasteiger charge is -2.30. The first kappa shape index (κ1) is 14.9. The van der Waals surface area contributed by atoms with Gasteiger partial charge >= 0.3 is 0 Å². The first-order valence-corrected chi connectivity index (χ1v) is 6.91. The molecule has 0 aliphatic carbocycles. The molecule has 108 valence electrons. The number of nitrogens with zero attached hydrogens (tertiary/aromatic N) is 1. The van der Waals surface area contributed by atoms with Gasteiger partial charge in [-0.15, -0.1) is 0 Å². The molecule has 1 saturated heterocycles. The SMILES string of the molecule is Cc1cc(C#CCN)ccc1OCC1CN(C)CCO1. The third-order valence-electron chi connectivity index (χ3n) is 3.28. The van der Waals surface area contributed by atoms with Crippen molar-refractivity contribution < 1.29 is 9.47 Å². The Bertz CT molecular complexity index is 505. The molecule has 1 atom stereocenters. The molecule has 1 aromatic carbocycles. The lowest BCUT2D eigenvalue weighted by atomic mass is 10.1. The quantitative estimate of drug-likeness (QED) is 0.836. The summed E-state index contributed by atoms with van der Waals surface area (Å²) in [5.41, 5.74) is 7.42. The molecule has 2 rings (SSSR count). The molecule has 4 nitrogen and oxygen atoms in total. The fourth-order valence-corrected chi connectivity index (χ4v) is 2.19. The van der Waals surface area contributed by atoms with Crippen LogP contribution in [0.1, 0.15) is 11.1 Å². The highest BCUT2D eigenvalue weighted by atomic mass is 16.5. The summed E-state index contributed by atoms with van der Waals surface area (Å²) in [5, 5.41) is 0. The number of hydrogen-bond acceptors (Lipinski definition) is 4. The van der Waals surface area contributed by atoms with Crippen molar-refractivity contribution in [3.8, 4) is 17.6 Å². The van der Waals surface area contributed by atoms with Crippen molar-refractivity contribution in [3.05, 3.63) is 29.3 Å². The number of benzene rings is 1. The first-order valence-electron chi connectivity index (χ1n) is 6.91. The van der Waals surface area contributed by atoms with Gasteiger partial charge in [-0.3, -0.25) is 0 Å². The van der Waals surface area contributed by atoms with Crippen molar-refractivity contribution in [3.63, 3.8) is 0 Å². The van der Waals surface area contributed by atoms with E-state index in [9.17, 15) is 0 Å². The predicted molar refractivity (Wildman–Crippen MR) is 79.8 cm³/mol. The topological polar surface area (TPSA) is 47.7 Å². The molecule has 1 aromatic rings. The molecule has 1 aliphatic rings. The van der Waals surface area contributed by atoms with Crippen LogP contribution < -0.4 is 10.5 Å². The summed E-state index contributed by atoms with van der Waals surface area (Å²) >= 11 is 0. The average molecular weight is 274 g/mol. The van der Waals surface area contributed by atoms with Crippen molar-refractivity contribution in [1.29, 1.82) is 0 Å². The number of aryl methyl sites for hydroxylation is 1. The second-order valence-corrected chi connectivity index (χ2v) is 5.05. The second-order valence-electron chi connectivity index (χ2n) is 5.05. The average Bonchev–Trinajstić information content (AvgIpc) is 2.44. The zero-order valence-corrected chi connectivity index (χ0v) is 12.2. The highest BCUT2D eigenvalue weighted by Gasteiger charge is 2.18. The molecule has 20 heavy (non-hydrogen) atoms. The number of likely N-dealkylation sites (N-methyl/N-ethyl adjacent to an activating group) is 1. The molecule has 2 N–H and O–H groups in total. The van der Waals surface area contributed by atoms with E-state index in [-0.39, 0.29) is 6.10 Å². The smallest absolute Gasteiger partial charge is 0.122 e. The Balaban J connectivity index is 1.92. The number of rotatable bonds is 3. The molecule has 1 unspecified atom stereocenters. The van der Waals surface area contributed by atoms with E-state index in [1.165, 1.54) is 0 Å². The predicted octanol–water partition coefficient (Wildman–Crippen LogP) is 1.01. The highest BCUT2D eigenvalue weighted by Crippen LogP contribution is 2.19. The van der Waals surface area contributed by atoms with Crippen LogP contribution in [-0.4, -0.2) is 50.9 Å². The summed E-state index contributed by atoms with van der Waals surface area (Å²) in [6.45, 7) is 5.67. The molecular formula is C16H22N2O2. The maximum Gasteiger partial charge on any atom is 0.122 e. The molecule has 0 radical (unpaired) electrons. The van der Waals surface area contributed by atoms with Gasteiger partial charge in [-0.1, -0.05) is 11.8 Å². The Hall–Kier alpha value is -1.54. The van der Waals surface area contributed by atoms with Crippen molar-refractivity contribution in [2.24, 2.45) is 5.73 Å². The van der Waals surface area contributed by atoms with Gasteiger partial charge in [0.15, 0.2) is 0 Å². The molecule has 0 spiro atoms. The standard InChI is InChI=1S/C16H22N2O2/c1-13-10-14(4-3-7-17)5-6-16(13)20-12-15-11-18(2)8-9-19-15/h5-6,10,15H,7-9,11-12,17H2,1-2H3. The molecule has 1 aliphatic heterocycles. The second kappa shape index (κ2) is 7.30. The summed E-state index contributed by atoms with van der Waals surface area (Å²) in [4.78, 5) is 2.26. The zero-order valence-electron chi connectivity index (χ0n) is 12.2. The van der Waals surface area contributed by atoms with Crippen LogP contribution in [0, 0.1) is 18.8 Å². The van der Waals surface area contributed by atoms with Gasteiger partial charge in [-0.05, 0) is 37.7 Å². The summed E-state index contributed by atoms with van der Waals surface area (Å²) in [6.07, 6.45) is 0.143. The molecule has 1 fully saturated rings. The van der Waals surface area contributed by atoms with Crippen molar-refractivity contribution in [2.45, 2.75) is 13.0 Å². The lowest BCUT2D eigenvalue weighted by molar-refractivity contribution is -0.0404. The van der Waals surface area contributed by atoms with E-state index >= 15 is 0 Å². The Labute approximate surface area is 120 Å². The Kier molecular flexibility index (Phi) is 5.42. The summed E-state index contributed by atoms with van der Waals surface area (Å²) < 4.78 is 11.5. The van der Waals surface area contributed by atoms with Gasteiger partial charge in [0.05, 0.1) is 13.2 Å². The molecule has 1 heterocycles. The maximum absolute atomic E-state index is 5.86. The van der Waals surface area contributed by atoms with Crippen LogP contribution in [0.4, 0.5) is 0 Å². The van der Waals surface area contributed by atoms with E-state index in [1.807, 2.05) is 25.1 Å². The first-order chi connectivity index (χ1) is 9.69. The minimum Gasteiger partial charge on any atom is -0.491 e. The van der Waals surface area contributed by atoms with Crippen LogP contribution >= 0.6 is 0 Å². The van der Waals surface area contributed by atoms with Gasteiger partial charge in [0.2, 0.25) is 0 Å². The molecular weight excluding hydrogens is 252 g/mol. The van der Waals surface area contributed by atoms with Crippen molar-refractivity contribution >= 4 is 0 Å². The zero-order chi connectivity index (χ0) is 14.4. The van der Waals surface area contributed by atoms with Crippen molar-refractivity contribution in [2.75, 3.05) is 39.9 Å². The van der Waals surface area contributed by atoms with Crippen LogP contribution in [-0.2, 0) is 4.74 Å². The molecule has 0 bridgehead atoms. The fraction of sp³-hybridized carbons (Fsp3) is 0.500. The van der Waals surface area contributed by atoms with Crippen LogP contribution in [0.2, 0.25) is 0 Å². The molecule has 4 heteroatoms. The van der Waals surface area contributed by atoms with E-state index in [0.29, 0.717) is 13.2 Å². The summed E-state index contributed by atoms with van der Waals surface area (Å²) in [6, 6.07) is 5.94. The van der Waals surface area contributed by atoms with Crippen LogP contribution in [0.5, 0.6) is 5.75 Å². The molecule has 0 amide bonds. The minimum atomic E-state index is 0.143. The Morgan fingerprint density at radius 1 is 1.50 bits per heavy atom. The van der Waals surface area contributed by atoms with E-state index in [1.54, 1.807) is 0 Å². The minimum absolute atomic E-state index is 0.143. The van der Waals surface area contributed by atoms with Gasteiger partial charge in [-0.25, -0.2) is 0 Å². The van der Waals surface area contributed by atoms with Crippen LogP contribution in [0.15, 0.2) is 18.2 Å². The van der Waals surface area contributed by atoms with Gasteiger partial charge < -0.3 is 20.1 Å². The molecule has 0 saturated carbocycles. The number of nitrogens with two attached hydrogens (primary N) is 1. The number of morpholine rings is 1. The largest absolute Gasteiger partial charge is 0.491 e. The Morgan fingerprint density at radius 2 is 2.35 bits per heavy atom. The van der Waals surface area contributed by atoms with E-state index < -0.39 is 0 Å². The third-order valence-corrected chi connectivity index (χ3v) is 3.28. The van der Waals surface area contributed by atoms with Gasteiger partial charge in [0.25, 0.3) is 0 Å². The highest BCUT2D eigenvalue weighted by molar-refractivity contribution is 5.43. The van der Waals surface area contributed by atoms with Gasteiger partial charge in [-0.2, -0.15) is 0 Å². The van der Waals surface area contributed by atoms with Crippen molar-refractivity contribution in [1.82, 2.24) is 4.90 Å². The van der Waals surface area contributed by atoms with E-state index in [2.05, 4.69) is 23.8 Å². The maximum atomic E-state index is 5.86. The fourth-order valence-electron chi connectivity index (χ4n) is 2.19. The van der Waals surface area contributed by atoms with E-state index in [4.69, 9.17) is 15.2 Å². The third kappa shape index (κ3) is 4.24. The summed E-state index contributed by atoms with van der Waals surface area (Å²) in [7, 11) is 2.10. The monoisotopic (exact) mass is 274 g/mol. The van der Waals surface area contributed by atoms with E-state index in [0.717, 1.165) is 36.6 Å². The van der Waals surface area contributed by atoms with Crippen LogP contribution in [0.3, 0.4) is 0 Å². The number of hydrogen-bond donors (Lipinski definition) is 1. The van der Waals surface area contributed by atoms with Gasteiger partial charge in [0, 0.05) is 18.7 Å². The number of ether oxygens (including phenoxy) is 2. The van der Waals surface area contributed by atoms with Gasteiger partial charge in [0.1, 0.15) is 18.5 Å². The Morgan fingerprint density at radius 3 is 3.05 bits per heavy atom. The molecule has 0 aromatic heterocycles. The summed E-state index contributed by atoms with van der Waals surface area (Å²) in [5.74, 6) is 6.76. The van der Waals surface area contributed by atoms with Crippen LogP contribution in [0.25, 0.3) is 0 Å². The normalized spacial score (nSPS) is 19.2.